The molecule has 2 N–H and O–H groups in total. The Labute approximate surface area is 211 Å². The lowest BCUT2D eigenvalue weighted by molar-refractivity contribution is 0.0950. The van der Waals surface area contributed by atoms with Crippen molar-refractivity contribution in [1.82, 2.24) is 5.32 Å². The standard InChI is InChI=1S/C28H43NO5S/c1-3-4-5-6-7-8-9-10-11-12-13-14-15-18-21-29-28(30)25-22-26(35(31,32)33)23-19-16-17-20-24(23)27(25)34-2/h16-17,19-20,22H,3-15,18,21H2,1-2H3,(H,29,30)(H,31,32,33). The van der Waals surface area contributed by atoms with Crippen molar-refractivity contribution >= 4 is 26.8 Å². The van der Waals surface area contributed by atoms with E-state index in [9.17, 15) is 17.8 Å². The number of hydrogen-bond donors (Lipinski definition) is 2. The van der Waals surface area contributed by atoms with E-state index < -0.39 is 16.0 Å². The van der Waals surface area contributed by atoms with E-state index >= 15 is 0 Å². The molecule has 1 amide bonds. The van der Waals surface area contributed by atoms with Crippen molar-refractivity contribution in [2.45, 2.75) is 102 Å². The summed E-state index contributed by atoms with van der Waals surface area (Å²) in [5.41, 5.74) is 0.101. The van der Waals surface area contributed by atoms with Gasteiger partial charge in [0.1, 0.15) is 10.6 Å². The quantitative estimate of drug-likeness (QED) is 0.164. The first-order valence-electron chi connectivity index (χ1n) is 13.3. The maximum atomic E-state index is 12.8. The van der Waals surface area contributed by atoms with E-state index in [1.807, 2.05) is 0 Å². The number of amides is 1. The number of ether oxygens (including phenoxy) is 1. The highest BCUT2D eigenvalue weighted by Gasteiger charge is 2.23. The molecule has 2 rings (SSSR count). The van der Waals surface area contributed by atoms with E-state index in [1.165, 1.54) is 83.8 Å². The Bertz CT molecular complexity index is 1020. The SMILES string of the molecule is CCCCCCCCCCCCCCCCNC(=O)c1cc(S(=O)(=O)O)c2ccccc2c1OC. The molecule has 0 aliphatic carbocycles. The molecule has 0 radical (unpaired) electrons. The summed E-state index contributed by atoms with van der Waals surface area (Å²) in [6.07, 6.45) is 17.8. The lowest BCUT2D eigenvalue weighted by Gasteiger charge is -2.14. The number of carbonyl (C=O) groups excluding carboxylic acids is 1. The van der Waals surface area contributed by atoms with Crippen molar-refractivity contribution in [1.29, 1.82) is 0 Å². The van der Waals surface area contributed by atoms with Crippen molar-refractivity contribution in [3.63, 3.8) is 0 Å². The van der Waals surface area contributed by atoms with Crippen LogP contribution < -0.4 is 10.1 Å². The van der Waals surface area contributed by atoms with Crippen molar-refractivity contribution in [2.24, 2.45) is 0 Å². The molecule has 0 saturated carbocycles. The maximum absolute atomic E-state index is 12.8. The number of methoxy groups -OCH3 is 1. The summed E-state index contributed by atoms with van der Waals surface area (Å²) >= 11 is 0. The number of hydrogen-bond acceptors (Lipinski definition) is 4. The smallest absolute Gasteiger partial charge is 0.295 e. The zero-order valence-corrected chi connectivity index (χ0v) is 22.3. The molecule has 35 heavy (non-hydrogen) atoms. The molecule has 0 heterocycles. The average molecular weight is 506 g/mol. The fraction of sp³-hybridized carbons (Fsp3) is 0.607. The molecule has 0 bridgehead atoms. The van der Waals surface area contributed by atoms with E-state index in [0.29, 0.717) is 23.1 Å². The fourth-order valence-electron chi connectivity index (χ4n) is 4.53. The first-order valence-corrected chi connectivity index (χ1v) is 14.7. The zero-order valence-electron chi connectivity index (χ0n) is 21.5. The highest BCUT2D eigenvalue weighted by molar-refractivity contribution is 7.86. The molecule has 2 aromatic rings. The molecule has 7 heteroatoms. The lowest BCUT2D eigenvalue weighted by atomic mass is 10.0. The van der Waals surface area contributed by atoms with Crippen molar-refractivity contribution in [3.05, 3.63) is 35.9 Å². The van der Waals surface area contributed by atoms with Gasteiger partial charge in [-0.2, -0.15) is 8.42 Å². The monoisotopic (exact) mass is 505 g/mol. The van der Waals surface area contributed by atoms with Gasteiger partial charge in [0.05, 0.1) is 12.7 Å². The molecule has 0 aromatic heterocycles. The first kappa shape index (κ1) is 29.1. The molecule has 0 atom stereocenters. The minimum atomic E-state index is -4.50. The average Bonchev–Trinajstić information content (AvgIpc) is 2.84. The highest BCUT2D eigenvalue weighted by atomic mass is 32.2. The summed E-state index contributed by atoms with van der Waals surface area (Å²) < 4.78 is 38.9. The Morgan fingerprint density at radius 3 is 1.80 bits per heavy atom. The minimum absolute atomic E-state index is 0.101. The summed E-state index contributed by atoms with van der Waals surface area (Å²) in [5.74, 6) is -0.112. The van der Waals surface area contributed by atoms with E-state index in [0.717, 1.165) is 19.3 Å². The van der Waals surface area contributed by atoms with Gasteiger partial charge in [0, 0.05) is 17.3 Å². The number of rotatable bonds is 18. The number of benzene rings is 2. The van der Waals surface area contributed by atoms with Gasteiger partial charge in [-0.15, -0.1) is 0 Å². The minimum Gasteiger partial charge on any atom is -0.495 e. The summed E-state index contributed by atoms with van der Waals surface area (Å²) in [4.78, 5) is 12.5. The van der Waals surface area contributed by atoms with Gasteiger partial charge < -0.3 is 10.1 Å². The fourth-order valence-corrected chi connectivity index (χ4v) is 5.26. The Kier molecular flexibility index (Phi) is 13.1. The summed E-state index contributed by atoms with van der Waals surface area (Å²) in [7, 11) is -3.05. The second-order valence-electron chi connectivity index (χ2n) is 9.33. The third-order valence-electron chi connectivity index (χ3n) is 6.50. The molecule has 0 unspecified atom stereocenters. The highest BCUT2D eigenvalue weighted by Crippen LogP contribution is 2.34. The summed E-state index contributed by atoms with van der Waals surface area (Å²) in [5, 5.41) is 3.64. The number of nitrogens with one attached hydrogen (secondary N) is 1. The Hall–Kier alpha value is -2.12. The second kappa shape index (κ2) is 15.8. The van der Waals surface area contributed by atoms with Crippen LogP contribution in [0.5, 0.6) is 5.75 Å². The maximum Gasteiger partial charge on any atom is 0.295 e. The van der Waals surface area contributed by atoms with Crippen molar-refractivity contribution in [3.8, 4) is 5.75 Å². The van der Waals surface area contributed by atoms with Gasteiger partial charge in [-0.05, 0) is 12.5 Å². The van der Waals surface area contributed by atoms with Crippen LogP contribution in [0.4, 0.5) is 0 Å². The Balaban J connectivity index is 1.70. The third-order valence-corrected chi connectivity index (χ3v) is 7.39. The van der Waals surface area contributed by atoms with Gasteiger partial charge in [-0.3, -0.25) is 9.35 Å². The van der Waals surface area contributed by atoms with Crippen LogP contribution in [0.2, 0.25) is 0 Å². The zero-order chi connectivity index (χ0) is 25.5. The lowest BCUT2D eigenvalue weighted by Crippen LogP contribution is -2.25. The molecule has 2 aromatic carbocycles. The Morgan fingerprint density at radius 1 is 0.829 bits per heavy atom. The van der Waals surface area contributed by atoms with Gasteiger partial charge >= 0.3 is 0 Å². The van der Waals surface area contributed by atoms with Crippen molar-refractivity contribution < 1.29 is 22.5 Å². The molecule has 196 valence electrons. The molecule has 0 aliphatic heterocycles. The van der Waals surface area contributed by atoms with E-state index in [1.54, 1.807) is 24.3 Å². The molecule has 6 nitrogen and oxygen atoms in total. The van der Waals surface area contributed by atoms with Gasteiger partial charge in [-0.25, -0.2) is 0 Å². The van der Waals surface area contributed by atoms with E-state index in [4.69, 9.17) is 4.74 Å². The molecular weight excluding hydrogens is 462 g/mol. The third kappa shape index (κ3) is 9.80. The number of unbranched alkanes of at least 4 members (excludes halogenated alkanes) is 13. The van der Waals surface area contributed by atoms with Gasteiger partial charge in [0.15, 0.2) is 0 Å². The van der Waals surface area contributed by atoms with Crippen LogP contribution in [-0.4, -0.2) is 32.5 Å². The van der Waals surface area contributed by atoms with E-state index in [2.05, 4.69) is 12.2 Å². The summed E-state index contributed by atoms with van der Waals surface area (Å²) in [6, 6.07) is 7.85. The van der Waals surface area contributed by atoms with Crippen LogP contribution in [0.3, 0.4) is 0 Å². The Morgan fingerprint density at radius 2 is 1.31 bits per heavy atom. The molecule has 0 fully saturated rings. The molecule has 0 spiro atoms. The predicted octanol–water partition coefficient (Wildman–Crippen LogP) is 7.31. The predicted molar refractivity (Wildman–Crippen MR) is 143 cm³/mol. The van der Waals surface area contributed by atoms with Gasteiger partial charge in [-0.1, -0.05) is 115 Å². The van der Waals surface area contributed by atoms with Crippen LogP contribution in [-0.2, 0) is 10.1 Å². The topological polar surface area (TPSA) is 92.7 Å². The van der Waals surface area contributed by atoms with Crippen LogP contribution in [0.15, 0.2) is 35.2 Å². The van der Waals surface area contributed by atoms with E-state index in [-0.39, 0.29) is 10.5 Å². The normalized spacial score (nSPS) is 11.6. The first-order chi connectivity index (χ1) is 16.9. The molecule has 0 aliphatic rings. The van der Waals surface area contributed by atoms with Gasteiger partial charge in [0.2, 0.25) is 0 Å². The molecular formula is C28H43NO5S. The number of carbonyl (C=O) groups is 1. The molecule has 0 saturated heterocycles. The van der Waals surface area contributed by atoms with Gasteiger partial charge in [0.25, 0.3) is 16.0 Å². The number of fused-ring (bicyclic) bond motifs is 1. The largest absolute Gasteiger partial charge is 0.495 e. The van der Waals surface area contributed by atoms with Crippen LogP contribution >= 0.6 is 0 Å². The van der Waals surface area contributed by atoms with Crippen molar-refractivity contribution in [2.75, 3.05) is 13.7 Å². The summed E-state index contributed by atoms with van der Waals surface area (Å²) in [6.45, 7) is 2.76. The van der Waals surface area contributed by atoms with Crippen LogP contribution in [0.1, 0.15) is 107 Å². The van der Waals surface area contributed by atoms with Crippen LogP contribution in [0.25, 0.3) is 10.8 Å². The second-order valence-corrected chi connectivity index (χ2v) is 10.7. The van der Waals surface area contributed by atoms with Crippen LogP contribution in [0, 0.1) is 0 Å².